The first-order valence-corrected chi connectivity index (χ1v) is 6.57. The summed E-state index contributed by atoms with van der Waals surface area (Å²) in [6.07, 6.45) is 3.27. The van der Waals surface area contributed by atoms with Gasteiger partial charge in [0.25, 0.3) is 0 Å². The van der Waals surface area contributed by atoms with Gasteiger partial charge in [-0.25, -0.2) is 4.98 Å². The molecule has 0 spiro atoms. The Bertz CT molecular complexity index is 356. The molecule has 0 radical (unpaired) electrons. The summed E-state index contributed by atoms with van der Waals surface area (Å²) in [5, 5.41) is 12.7. The summed E-state index contributed by atoms with van der Waals surface area (Å²) >= 11 is 4.97. The molecular formula is C10H14BrN3OS. The van der Waals surface area contributed by atoms with Crippen molar-refractivity contribution in [3.8, 4) is 0 Å². The first kappa shape index (κ1) is 13.3. The molecule has 0 fully saturated rings. The molecule has 1 aromatic rings. The van der Waals surface area contributed by atoms with Gasteiger partial charge in [0.05, 0.1) is 5.03 Å². The molecule has 1 rings (SSSR count). The van der Waals surface area contributed by atoms with Crippen molar-refractivity contribution in [2.45, 2.75) is 30.0 Å². The third-order valence-electron chi connectivity index (χ3n) is 2.01. The Balaban J connectivity index is 2.59. The van der Waals surface area contributed by atoms with Gasteiger partial charge in [-0.15, -0.1) is 11.8 Å². The summed E-state index contributed by atoms with van der Waals surface area (Å²) < 4.78 is 0.960. The van der Waals surface area contributed by atoms with E-state index < -0.39 is 0 Å². The van der Waals surface area contributed by atoms with Gasteiger partial charge < -0.3 is 10.9 Å². The van der Waals surface area contributed by atoms with Crippen LogP contribution in [-0.4, -0.2) is 21.3 Å². The molecule has 1 atom stereocenters. The number of oxime groups is 1. The Labute approximate surface area is 107 Å². The molecule has 0 amide bonds. The third kappa shape index (κ3) is 4.40. The lowest BCUT2D eigenvalue weighted by Gasteiger charge is -2.12. The van der Waals surface area contributed by atoms with E-state index in [2.05, 4.69) is 33.0 Å². The Morgan fingerprint density at radius 3 is 2.94 bits per heavy atom. The lowest BCUT2D eigenvalue weighted by molar-refractivity contribution is 0.316. The fourth-order valence-electron chi connectivity index (χ4n) is 1.15. The molecular weight excluding hydrogens is 290 g/mol. The first-order valence-electron chi connectivity index (χ1n) is 4.90. The molecule has 16 heavy (non-hydrogen) atoms. The number of nitrogens with zero attached hydrogens (tertiary/aromatic N) is 2. The van der Waals surface area contributed by atoms with E-state index in [-0.39, 0.29) is 11.1 Å². The summed E-state index contributed by atoms with van der Waals surface area (Å²) in [5.74, 6) is 0.261. The summed E-state index contributed by atoms with van der Waals surface area (Å²) in [6.45, 7) is 2.07. The second kappa shape index (κ2) is 6.75. The van der Waals surface area contributed by atoms with E-state index in [1.807, 2.05) is 12.1 Å². The van der Waals surface area contributed by atoms with Gasteiger partial charge in [-0.05, 0) is 34.5 Å². The van der Waals surface area contributed by atoms with Crippen molar-refractivity contribution >= 4 is 33.5 Å². The molecule has 4 nitrogen and oxygen atoms in total. The van der Waals surface area contributed by atoms with E-state index >= 15 is 0 Å². The normalized spacial score (nSPS) is 13.8. The zero-order chi connectivity index (χ0) is 12.0. The number of amidine groups is 1. The Kier molecular flexibility index (Phi) is 5.62. The number of pyridine rings is 1. The predicted octanol–water partition coefficient (Wildman–Crippen LogP) is 2.85. The van der Waals surface area contributed by atoms with Gasteiger partial charge >= 0.3 is 0 Å². The third-order valence-corrected chi connectivity index (χ3v) is 3.79. The SMILES string of the molecule is CCC(CC(N)=NO)Sc1ccc(Br)cn1. The minimum absolute atomic E-state index is 0.261. The average Bonchev–Trinajstić information content (AvgIpc) is 2.30. The van der Waals surface area contributed by atoms with Crippen LogP contribution < -0.4 is 5.73 Å². The summed E-state index contributed by atoms with van der Waals surface area (Å²) in [4.78, 5) is 4.27. The molecule has 1 unspecified atom stereocenters. The maximum Gasteiger partial charge on any atom is 0.140 e. The van der Waals surface area contributed by atoms with Crippen LogP contribution >= 0.6 is 27.7 Å². The first-order chi connectivity index (χ1) is 7.65. The standard InChI is InChI=1S/C10H14BrN3OS/c1-2-8(5-9(12)14-15)16-10-4-3-7(11)6-13-10/h3-4,6,8,15H,2,5H2,1H3,(H2,12,14). The predicted molar refractivity (Wildman–Crippen MR) is 69.9 cm³/mol. The number of nitrogens with two attached hydrogens (primary N) is 1. The molecule has 0 aliphatic heterocycles. The molecule has 1 heterocycles. The van der Waals surface area contributed by atoms with Gasteiger partial charge in [-0.1, -0.05) is 12.1 Å². The smallest absolute Gasteiger partial charge is 0.140 e. The second-order valence-electron chi connectivity index (χ2n) is 3.26. The van der Waals surface area contributed by atoms with Crippen molar-refractivity contribution in [3.05, 3.63) is 22.8 Å². The Morgan fingerprint density at radius 2 is 2.44 bits per heavy atom. The van der Waals surface area contributed by atoms with Gasteiger partial charge in [0.1, 0.15) is 5.84 Å². The highest BCUT2D eigenvalue weighted by atomic mass is 79.9. The zero-order valence-electron chi connectivity index (χ0n) is 8.93. The molecule has 1 aromatic heterocycles. The molecule has 0 aliphatic carbocycles. The zero-order valence-corrected chi connectivity index (χ0v) is 11.3. The van der Waals surface area contributed by atoms with Crippen LogP contribution in [0.4, 0.5) is 0 Å². The van der Waals surface area contributed by atoms with E-state index in [1.54, 1.807) is 18.0 Å². The molecule has 0 aliphatic rings. The van der Waals surface area contributed by atoms with Gasteiger partial charge in [-0.2, -0.15) is 0 Å². The number of hydrogen-bond acceptors (Lipinski definition) is 4. The van der Waals surface area contributed by atoms with Crippen LogP contribution in [0, 0.1) is 0 Å². The van der Waals surface area contributed by atoms with E-state index in [9.17, 15) is 0 Å². The highest BCUT2D eigenvalue weighted by Crippen LogP contribution is 2.26. The molecule has 0 bridgehead atoms. The lowest BCUT2D eigenvalue weighted by atomic mass is 10.2. The fourth-order valence-corrected chi connectivity index (χ4v) is 2.40. The average molecular weight is 304 g/mol. The topological polar surface area (TPSA) is 71.5 Å². The van der Waals surface area contributed by atoms with Crippen molar-refractivity contribution in [2.24, 2.45) is 10.9 Å². The molecule has 0 saturated carbocycles. The van der Waals surface area contributed by atoms with Crippen molar-refractivity contribution in [2.75, 3.05) is 0 Å². The number of aromatic nitrogens is 1. The van der Waals surface area contributed by atoms with Crippen LogP contribution in [0.2, 0.25) is 0 Å². The van der Waals surface area contributed by atoms with Crippen molar-refractivity contribution < 1.29 is 5.21 Å². The van der Waals surface area contributed by atoms with Crippen LogP contribution in [-0.2, 0) is 0 Å². The van der Waals surface area contributed by atoms with E-state index in [1.165, 1.54) is 0 Å². The van der Waals surface area contributed by atoms with Gasteiger partial charge in [0, 0.05) is 22.3 Å². The Morgan fingerprint density at radius 1 is 1.69 bits per heavy atom. The number of rotatable bonds is 5. The summed E-state index contributed by atoms with van der Waals surface area (Å²) in [6, 6.07) is 3.90. The Hall–Kier alpha value is -0.750. The van der Waals surface area contributed by atoms with Gasteiger partial charge in [-0.3, -0.25) is 0 Å². The van der Waals surface area contributed by atoms with Crippen LogP contribution in [0.1, 0.15) is 19.8 Å². The fraction of sp³-hybridized carbons (Fsp3) is 0.400. The van der Waals surface area contributed by atoms with Crippen LogP contribution in [0.5, 0.6) is 0 Å². The summed E-state index contributed by atoms with van der Waals surface area (Å²) in [7, 11) is 0. The van der Waals surface area contributed by atoms with E-state index in [0.29, 0.717) is 6.42 Å². The molecule has 0 saturated heterocycles. The van der Waals surface area contributed by atoms with Gasteiger partial charge in [0.15, 0.2) is 0 Å². The largest absolute Gasteiger partial charge is 0.409 e. The van der Waals surface area contributed by atoms with Crippen molar-refractivity contribution in [1.82, 2.24) is 4.98 Å². The molecule has 88 valence electrons. The lowest BCUT2D eigenvalue weighted by Crippen LogP contribution is -2.18. The maximum atomic E-state index is 8.51. The summed E-state index contributed by atoms with van der Waals surface area (Å²) in [5.41, 5.74) is 5.49. The number of thioether (sulfide) groups is 1. The second-order valence-corrected chi connectivity index (χ2v) is 5.49. The van der Waals surface area contributed by atoms with Crippen LogP contribution in [0.15, 0.2) is 33.0 Å². The monoisotopic (exact) mass is 303 g/mol. The molecule has 6 heteroatoms. The van der Waals surface area contributed by atoms with E-state index in [4.69, 9.17) is 10.9 Å². The minimum Gasteiger partial charge on any atom is -0.409 e. The molecule has 3 N–H and O–H groups in total. The van der Waals surface area contributed by atoms with Gasteiger partial charge in [0.2, 0.25) is 0 Å². The number of halogens is 1. The number of hydrogen-bond donors (Lipinski definition) is 2. The molecule has 0 aromatic carbocycles. The minimum atomic E-state index is 0.261. The highest BCUT2D eigenvalue weighted by Gasteiger charge is 2.11. The quantitative estimate of drug-likeness (QED) is 0.288. The van der Waals surface area contributed by atoms with Crippen molar-refractivity contribution in [1.29, 1.82) is 0 Å². The maximum absolute atomic E-state index is 8.51. The van der Waals surface area contributed by atoms with E-state index in [0.717, 1.165) is 15.9 Å². The van der Waals surface area contributed by atoms with Crippen LogP contribution in [0.25, 0.3) is 0 Å². The highest BCUT2D eigenvalue weighted by molar-refractivity contribution is 9.10. The van der Waals surface area contributed by atoms with Crippen molar-refractivity contribution in [3.63, 3.8) is 0 Å². The van der Waals surface area contributed by atoms with Crippen LogP contribution in [0.3, 0.4) is 0 Å².